The predicted octanol–water partition coefficient (Wildman–Crippen LogP) is 3.33. The zero-order chi connectivity index (χ0) is 27.9. The molecule has 0 amide bonds. The van der Waals surface area contributed by atoms with Crippen molar-refractivity contribution in [2.24, 2.45) is 0 Å². The molecule has 2 saturated heterocycles. The average molecular weight is 561 g/mol. The fourth-order valence-electron chi connectivity index (χ4n) is 5.22. The Hall–Kier alpha value is -3.69. The van der Waals surface area contributed by atoms with E-state index in [-0.39, 0.29) is 6.23 Å². The summed E-state index contributed by atoms with van der Waals surface area (Å²) in [5.74, 6) is 1.66. The maximum atomic E-state index is 9.41. The molecule has 210 valence electrons. The van der Waals surface area contributed by atoms with Crippen LogP contribution >= 0.6 is 0 Å². The van der Waals surface area contributed by atoms with Crippen molar-refractivity contribution in [1.29, 1.82) is 5.26 Å². The third-order valence-corrected chi connectivity index (χ3v) is 8.67. The number of aliphatic hydroxyl groups excluding tert-OH is 1. The zero-order valence-electron chi connectivity index (χ0n) is 23.0. The van der Waals surface area contributed by atoms with Crippen LogP contribution in [0.1, 0.15) is 18.4 Å². The number of nitrogens with zero attached hydrogens (tertiary/aromatic N) is 5. The molecule has 0 bridgehead atoms. The van der Waals surface area contributed by atoms with E-state index < -0.39 is 9.04 Å². The molecule has 3 heterocycles. The van der Waals surface area contributed by atoms with Crippen LogP contribution in [0, 0.1) is 11.3 Å². The molecule has 2 fully saturated rings. The Morgan fingerprint density at radius 1 is 1.05 bits per heavy atom. The number of anilines is 3. The lowest BCUT2D eigenvalue weighted by Crippen LogP contribution is -2.49. The second kappa shape index (κ2) is 13.1. The van der Waals surface area contributed by atoms with Gasteiger partial charge in [-0.25, -0.2) is 9.97 Å². The highest BCUT2D eigenvalue weighted by Crippen LogP contribution is 2.33. The van der Waals surface area contributed by atoms with E-state index in [4.69, 9.17) is 13.9 Å². The lowest BCUT2D eigenvalue weighted by atomic mass is 10.0. The second-order valence-electron chi connectivity index (χ2n) is 10.1. The highest BCUT2D eigenvalue weighted by molar-refractivity contribution is 6.50. The first-order valence-electron chi connectivity index (χ1n) is 13.7. The average Bonchev–Trinajstić information content (AvgIpc) is 3.02. The molecule has 0 unspecified atom stereocenters. The maximum absolute atomic E-state index is 9.41. The summed E-state index contributed by atoms with van der Waals surface area (Å²) >= 11 is 0. The van der Waals surface area contributed by atoms with E-state index >= 15 is 0 Å². The van der Waals surface area contributed by atoms with E-state index in [0.29, 0.717) is 23.3 Å². The summed E-state index contributed by atoms with van der Waals surface area (Å²) in [4.78, 5) is 14.0. The van der Waals surface area contributed by atoms with Crippen LogP contribution in [0.5, 0.6) is 11.5 Å². The van der Waals surface area contributed by atoms with Gasteiger partial charge in [0.05, 0.1) is 37.8 Å². The topological polar surface area (TPSA) is 116 Å². The van der Waals surface area contributed by atoms with Gasteiger partial charge in [0.2, 0.25) is 5.95 Å². The lowest BCUT2D eigenvalue weighted by molar-refractivity contribution is 0.0115. The molecule has 5 rings (SSSR count). The molecular formula is C29H36N6O4Si. The van der Waals surface area contributed by atoms with Crippen LogP contribution in [0.4, 0.5) is 17.3 Å². The zero-order valence-corrected chi connectivity index (χ0v) is 24.2. The van der Waals surface area contributed by atoms with E-state index in [9.17, 15) is 10.4 Å². The van der Waals surface area contributed by atoms with Gasteiger partial charge < -0.3 is 29.2 Å². The molecule has 1 atom stereocenters. The Balaban J connectivity index is 1.24. The molecule has 1 aromatic heterocycles. The van der Waals surface area contributed by atoms with Crippen LogP contribution < -0.4 is 19.4 Å². The SMILES string of the molecule is COc1cc(N2CCC(N3CCOCC3)CC2)ccc1Nc1ncc(-c2ccc(C#N)c(O[Si@@H](C)CO)c2)cn1. The van der Waals surface area contributed by atoms with Gasteiger partial charge in [-0.15, -0.1) is 0 Å². The van der Waals surface area contributed by atoms with Gasteiger partial charge in [-0.05, 0) is 49.2 Å². The van der Waals surface area contributed by atoms with Gasteiger partial charge in [-0.1, -0.05) is 6.07 Å². The first-order chi connectivity index (χ1) is 19.6. The van der Waals surface area contributed by atoms with Gasteiger partial charge in [-0.2, -0.15) is 5.26 Å². The Bertz CT molecular complexity index is 1320. The van der Waals surface area contributed by atoms with Crippen LogP contribution in [0.15, 0.2) is 48.8 Å². The summed E-state index contributed by atoms with van der Waals surface area (Å²) in [6, 6.07) is 14.3. The molecule has 10 nitrogen and oxygen atoms in total. The van der Waals surface area contributed by atoms with E-state index in [1.165, 1.54) is 0 Å². The van der Waals surface area contributed by atoms with E-state index in [1.807, 2.05) is 18.7 Å². The maximum Gasteiger partial charge on any atom is 0.257 e. The number of ether oxygens (including phenoxy) is 2. The van der Waals surface area contributed by atoms with Gasteiger partial charge in [0.1, 0.15) is 17.6 Å². The summed E-state index contributed by atoms with van der Waals surface area (Å²) in [5.41, 5.74) is 4.00. The monoisotopic (exact) mass is 560 g/mol. The molecule has 11 heteroatoms. The summed E-state index contributed by atoms with van der Waals surface area (Å²) in [5, 5.41) is 22.1. The van der Waals surface area contributed by atoms with Crippen LogP contribution in [-0.2, 0) is 4.74 Å². The highest BCUT2D eigenvalue weighted by atomic mass is 28.3. The number of aliphatic hydroxyl groups is 1. The van der Waals surface area contributed by atoms with E-state index in [1.54, 1.807) is 31.6 Å². The molecule has 2 aliphatic heterocycles. The molecule has 0 saturated carbocycles. The molecule has 2 aliphatic rings. The third-order valence-electron chi connectivity index (χ3n) is 7.50. The number of nitrogens with one attached hydrogen (secondary N) is 1. The number of piperidine rings is 1. The molecule has 40 heavy (non-hydrogen) atoms. The summed E-state index contributed by atoms with van der Waals surface area (Å²) in [7, 11) is -0.131. The first kappa shape index (κ1) is 27.9. The number of morpholine rings is 1. The van der Waals surface area contributed by atoms with Crippen molar-refractivity contribution < 1.29 is 19.0 Å². The van der Waals surface area contributed by atoms with Crippen molar-refractivity contribution in [1.82, 2.24) is 14.9 Å². The van der Waals surface area contributed by atoms with Gasteiger partial charge in [-0.3, -0.25) is 4.90 Å². The molecule has 0 aliphatic carbocycles. The Kier molecular flexibility index (Phi) is 9.13. The minimum atomic E-state index is -1.80. The number of aromatic nitrogens is 2. The lowest BCUT2D eigenvalue weighted by Gasteiger charge is -2.40. The standard InChI is InChI=1S/C29H36N6O4Si/c1-37-28-16-25(34-9-7-24(8-10-34)35-11-13-38-14-12-35)5-6-26(28)33-29-31-18-23(19-32-29)21-3-4-22(17-30)27(15-21)39-40(2)20-36/h3-6,15-16,18-19,24,36,40H,7-14,20H2,1-2H3,(H,31,32,33)/t40-/m0/s1. The highest BCUT2D eigenvalue weighted by Gasteiger charge is 2.26. The normalized spacial score (nSPS) is 17.2. The van der Waals surface area contributed by atoms with Crippen molar-refractivity contribution in [3.63, 3.8) is 0 Å². The van der Waals surface area contributed by atoms with Crippen LogP contribution in [0.3, 0.4) is 0 Å². The number of nitriles is 1. The Morgan fingerprint density at radius 3 is 2.48 bits per heavy atom. The van der Waals surface area contributed by atoms with Crippen LogP contribution in [0.25, 0.3) is 11.1 Å². The number of rotatable bonds is 9. The molecular weight excluding hydrogens is 524 g/mol. The fraction of sp³-hybridized carbons (Fsp3) is 0.414. The molecule has 3 aromatic rings. The van der Waals surface area contributed by atoms with E-state index in [0.717, 1.165) is 80.5 Å². The Morgan fingerprint density at radius 2 is 1.80 bits per heavy atom. The third kappa shape index (κ3) is 6.54. The smallest absolute Gasteiger partial charge is 0.257 e. The van der Waals surface area contributed by atoms with Gasteiger partial charge in [0.15, 0.2) is 0 Å². The van der Waals surface area contributed by atoms with Gasteiger partial charge >= 0.3 is 0 Å². The fourth-order valence-corrected chi connectivity index (χ4v) is 5.92. The molecule has 0 spiro atoms. The second-order valence-corrected chi connectivity index (χ2v) is 12.3. The first-order valence-corrected chi connectivity index (χ1v) is 16.2. The number of methoxy groups -OCH3 is 1. The van der Waals surface area contributed by atoms with Gasteiger partial charge in [0.25, 0.3) is 9.04 Å². The predicted molar refractivity (Wildman–Crippen MR) is 157 cm³/mol. The van der Waals surface area contributed by atoms with Crippen molar-refractivity contribution in [2.75, 3.05) is 62.9 Å². The minimum absolute atomic E-state index is 0.00353. The summed E-state index contributed by atoms with van der Waals surface area (Å²) in [6.07, 6.45) is 5.76. The number of hydrogen-bond acceptors (Lipinski definition) is 10. The summed E-state index contributed by atoms with van der Waals surface area (Å²) < 4.78 is 17.1. The van der Waals surface area contributed by atoms with Crippen LogP contribution in [0.2, 0.25) is 6.55 Å². The van der Waals surface area contributed by atoms with E-state index in [2.05, 4.69) is 43.3 Å². The number of benzene rings is 2. The van der Waals surface area contributed by atoms with Crippen molar-refractivity contribution in [2.45, 2.75) is 25.4 Å². The number of hydrogen-bond donors (Lipinski definition) is 2. The van der Waals surface area contributed by atoms with Crippen LogP contribution in [-0.4, -0.2) is 87.8 Å². The largest absolute Gasteiger partial charge is 0.543 e. The molecule has 2 aromatic carbocycles. The Labute approximate surface area is 236 Å². The van der Waals surface area contributed by atoms with Gasteiger partial charge in [0, 0.05) is 61.9 Å². The molecule has 2 N–H and O–H groups in total. The minimum Gasteiger partial charge on any atom is -0.543 e. The quantitative estimate of drug-likeness (QED) is 0.378. The summed E-state index contributed by atoms with van der Waals surface area (Å²) in [6.45, 7) is 7.68. The molecule has 0 radical (unpaired) electrons. The van der Waals surface area contributed by atoms with Crippen molar-refractivity contribution >= 4 is 26.4 Å². The van der Waals surface area contributed by atoms with Crippen molar-refractivity contribution in [3.05, 3.63) is 54.4 Å². The van der Waals surface area contributed by atoms with Crippen molar-refractivity contribution in [3.8, 4) is 28.7 Å².